The van der Waals surface area contributed by atoms with Crippen molar-refractivity contribution in [2.75, 3.05) is 11.9 Å². The van der Waals surface area contributed by atoms with E-state index in [9.17, 15) is 5.11 Å². The molecule has 114 valence electrons. The van der Waals surface area contributed by atoms with Crippen molar-refractivity contribution in [1.29, 1.82) is 0 Å². The van der Waals surface area contributed by atoms with Gasteiger partial charge in [0.2, 0.25) is 0 Å². The number of anilines is 1. The summed E-state index contributed by atoms with van der Waals surface area (Å²) in [6.07, 6.45) is 0.731. The van der Waals surface area contributed by atoms with Crippen LogP contribution in [0.4, 0.5) is 5.82 Å². The fourth-order valence-electron chi connectivity index (χ4n) is 2.16. The molecule has 2 N–H and O–H groups in total. The van der Waals surface area contributed by atoms with Crippen LogP contribution in [0.1, 0.15) is 58.3 Å². The maximum atomic E-state index is 10.3. The average molecular weight is 300 g/mol. The number of aromatic nitrogens is 2. The molecule has 5 heteroatoms. The summed E-state index contributed by atoms with van der Waals surface area (Å²) in [5.41, 5.74) is 0.0483. The molecule has 0 aliphatic heterocycles. The van der Waals surface area contributed by atoms with Crippen LogP contribution in [0.3, 0.4) is 0 Å². The Balaban J connectivity index is 2.87. The highest BCUT2D eigenvalue weighted by Crippen LogP contribution is 2.24. The molecule has 0 saturated heterocycles. The number of rotatable bonds is 6. The smallest absolute Gasteiger partial charge is 0.137 e. The highest BCUT2D eigenvalue weighted by atomic mass is 35.5. The highest BCUT2D eigenvalue weighted by Gasteiger charge is 2.22. The number of halogens is 1. The van der Waals surface area contributed by atoms with Gasteiger partial charge in [0.1, 0.15) is 16.8 Å². The summed E-state index contributed by atoms with van der Waals surface area (Å²) in [5.74, 6) is 2.07. The lowest BCUT2D eigenvalue weighted by molar-refractivity contribution is 0.0514. The molecule has 0 fully saturated rings. The van der Waals surface area contributed by atoms with Crippen LogP contribution in [0, 0.1) is 12.8 Å². The molecular formula is C15H26ClN3O. The molecule has 0 aromatic carbocycles. The zero-order chi connectivity index (χ0) is 15.5. The summed E-state index contributed by atoms with van der Waals surface area (Å²) < 4.78 is 0. The van der Waals surface area contributed by atoms with Crippen LogP contribution in [-0.2, 0) is 0 Å². The summed E-state index contributed by atoms with van der Waals surface area (Å²) >= 11 is 6.14. The topological polar surface area (TPSA) is 58.0 Å². The van der Waals surface area contributed by atoms with Gasteiger partial charge in [-0.05, 0) is 26.2 Å². The van der Waals surface area contributed by atoms with Crippen molar-refractivity contribution in [3.05, 3.63) is 16.5 Å². The summed E-state index contributed by atoms with van der Waals surface area (Å²) in [7, 11) is 0. The molecule has 1 atom stereocenters. The number of aliphatic hydroxyl groups is 1. The van der Waals surface area contributed by atoms with E-state index in [-0.39, 0.29) is 5.92 Å². The summed E-state index contributed by atoms with van der Waals surface area (Å²) in [4.78, 5) is 8.77. The van der Waals surface area contributed by atoms with Crippen LogP contribution in [-0.4, -0.2) is 27.2 Å². The van der Waals surface area contributed by atoms with Gasteiger partial charge in [-0.3, -0.25) is 0 Å². The largest absolute Gasteiger partial charge is 0.388 e. The van der Waals surface area contributed by atoms with Crippen molar-refractivity contribution in [2.45, 2.75) is 59.5 Å². The summed E-state index contributed by atoms with van der Waals surface area (Å²) in [5, 5.41) is 14.0. The first-order valence-electron chi connectivity index (χ1n) is 7.12. The summed E-state index contributed by atoms with van der Waals surface area (Å²) in [6, 6.07) is 0. The Morgan fingerprint density at radius 3 is 2.35 bits per heavy atom. The highest BCUT2D eigenvalue weighted by molar-refractivity contribution is 6.30. The lowest BCUT2D eigenvalue weighted by Gasteiger charge is -2.26. The molecule has 0 amide bonds. The van der Waals surface area contributed by atoms with Crippen LogP contribution >= 0.6 is 11.6 Å². The third kappa shape index (κ3) is 4.91. The van der Waals surface area contributed by atoms with Crippen molar-refractivity contribution in [3.63, 3.8) is 0 Å². The lowest BCUT2D eigenvalue weighted by atomic mass is 9.94. The molecule has 1 heterocycles. The molecule has 0 radical (unpaired) electrons. The minimum absolute atomic E-state index is 0.213. The zero-order valence-electron chi connectivity index (χ0n) is 13.3. The van der Waals surface area contributed by atoms with Crippen molar-refractivity contribution in [1.82, 2.24) is 9.97 Å². The Labute approximate surface area is 127 Å². The van der Waals surface area contributed by atoms with E-state index in [0.29, 0.717) is 29.3 Å². The van der Waals surface area contributed by atoms with Gasteiger partial charge in [-0.15, -0.1) is 0 Å². The molecule has 4 nitrogen and oxygen atoms in total. The van der Waals surface area contributed by atoms with Crippen LogP contribution in [0.15, 0.2) is 0 Å². The van der Waals surface area contributed by atoms with Crippen LogP contribution in [0.5, 0.6) is 0 Å². The third-order valence-electron chi connectivity index (χ3n) is 3.10. The van der Waals surface area contributed by atoms with Crippen molar-refractivity contribution >= 4 is 17.4 Å². The molecule has 1 aromatic rings. The molecule has 1 unspecified atom stereocenters. The Bertz CT molecular complexity index is 459. The van der Waals surface area contributed by atoms with Gasteiger partial charge in [0, 0.05) is 18.0 Å². The Morgan fingerprint density at radius 2 is 1.85 bits per heavy atom. The predicted molar refractivity (Wildman–Crippen MR) is 84.4 cm³/mol. The monoisotopic (exact) mass is 299 g/mol. The van der Waals surface area contributed by atoms with Crippen LogP contribution in [0.2, 0.25) is 5.15 Å². The van der Waals surface area contributed by atoms with Gasteiger partial charge in [0.25, 0.3) is 0 Å². The van der Waals surface area contributed by atoms with Gasteiger partial charge in [-0.25, -0.2) is 9.97 Å². The number of nitrogens with zero attached hydrogens (tertiary/aromatic N) is 2. The second-order valence-electron chi connectivity index (χ2n) is 6.45. The van der Waals surface area contributed by atoms with Gasteiger partial charge in [0.15, 0.2) is 0 Å². The van der Waals surface area contributed by atoms with E-state index in [1.165, 1.54) is 0 Å². The van der Waals surface area contributed by atoms with E-state index in [4.69, 9.17) is 11.6 Å². The minimum Gasteiger partial charge on any atom is -0.388 e. The normalized spacial score (nSPS) is 14.7. The molecular weight excluding hydrogens is 274 g/mol. The molecule has 0 saturated carbocycles. The van der Waals surface area contributed by atoms with Crippen molar-refractivity contribution < 1.29 is 5.11 Å². The van der Waals surface area contributed by atoms with E-state index < -0.39 is 5.60 Å². The van der Waals surface area contributed by atoms with Gasteiger partial charge in [0.05, 0.1) is 5.60 Å². The molecule has 20 heavy (non-hydrogen) atoms. The molecule has 0 aliphatic rings. The van der Waals surface area contributed by atoms with E-state index in [0.717, 1.165) is 12.0 Å². The van der Waals surface area contributed by atoms with Gasteiger partial charge in [-0.1, -0.05) is 39.3 Å². The summed E-state index contributed by atoms with van der Waals surface area (Å²) in [6.45, 7) is 12.4. The van der Waals surface area contributed by atoms with Crippen LogP contribution < -0.4 is 5.32 Å². The fraction of sp³-hybridized carbons (Fsp3) is 0.733. The Kier molecular flexibility index (Phi) is 5.78. The first-order chi connectivity index (χ1) is 9.12. The number of nitrogens with one attached hydrogen (secondary N) is 1. The maximum Gasteiger partial charge on any atom is 0.137 e. The van der Waals surface area contributed by atoms with E-state index in [2.05, 4.69) is 29.1 Å². The zero-order valence-corrected chi connectivity index (χ0v) is 14.0. The second kappa shape index (κ2) is 6.72. The third-order valence-corrected chi connectivity index (χ3v) is 3.47. The average Bonchev–Trinajstić information content (AvgIpc) is 2.28. The minimum atomic E-state index is -0.768. The number of hydrogen-bond acceptors (Lipinski definition) is 4. The van der Waals surface area contributed by atoms with Gasteiger partial charge >= 0.3 is 0 Å². The maximum absolute atomic E-state index is 10.3. The SMILES string of the molecule is Cc1c(Cl)nc(C(C)C)nc1NCC(C)(O)CC(C)C. The van der Waals surface area contributed by atoms with Crippen molar-refractivity contribution in [2.24, 2.45) is 5.92 Å². The van der Waals surface area contributed by atoms with Gasteiger partial charge < -0.3 is 10.4 Å². The number of hydrogen-bond donors (Lipinski definition) is 2. The molecule has 0 spiro atoms. The fourth-order valence-corrected chi connectivity index (χ4v) is 2.34. The second-order valence-corrected chi connectivity index (χ2v) is 6.81. The first kappa shape index (κ1) is 17.2. The predicted octanol–water partition coefficient (Wildman–Crippen LogP) is 3.77. The Hall–Kier alpha value is -0.870. The molecule has 0 aliphatic carbocycles. The first-order valence-corrected chi connectivity index (χ1v) is 7.50. The van der Waals surface area contributed by atoms with Crippen LogP contribution in [0.25, 0.3) is 0 Å². The lowest BCUT2D eigenvalue weighted by Crippen LogP contribution is -2.35. The molecule has 0 bridgehead atoms. The van der Waals surface area contributed by atoms with E-state index in [1.54, 1.807) is 0 Å². The van der Waals surface area contributed by atoms with E-state index >= 15 is 0 Å². The van der Waals surface area contributed by atoms with Gasteiger partial charge in [-0.2, -0.15) is 0 Å². The molecule has 1 aromatic heterocycles. The molecule has 1 rings (SSSR count). The van der Waals surface area contributed by atoms with Crippen molar-refractivity contribution in [3.8, 4) is 0 Å². The Morgan fingerprint density at radius 1 is 1.25 bits per heavy atom. The standard InChI is InChI=1S/C15H26ClN3O/c1-9(2)7-15(6,20)8-17-14-11(5)12(16)18-13(19-14)10(3)4/h9-10,20H,7-8H2,1-6H3,(H,17,18,19). The van der Waals surface area contributed by atoms with E-state index in [1.807, 2.05) is 27.7 Å². The quantitative estimate of drug-likeness (QED) is 0.785.